The Kier molecular flexibility index (Phi) is 8.63. The highest BCUT2D eigenvalue weighted by Crippen LogP contribution is 2.52. The van der Waals surface area contributed by atoms with Crippen molar-refractivity contribution in [2.45, 2.75) is 0 Å². The summed E-state index contributed by atoms with van der Waals surface area (Å²) in [5.41, 5.74) is 15.5. The van der Waals surface area contributed by atoms with Gasteiger partial charge < -0.3 is 36.3 Å². The van der Waals surface area contributed by atoms with Gasteiger partial charge in [-0.3, -0.25) is 0 Å². The van der Waals surface area contributed by atoms with E-state index in [9.17, 15) is 0 Å². The van der Waals surface area contributed by atoms with Crippen molar-refractivity contribution in [3.8, 4) is 0 Å². The maximum atomic E-state index is 7.39. The minimum Gasteiger partial charge on any atom is -0.456 e. The number of fused-ring (bicyclic) bond motifs is 23. The lowest BCUT2D eigenvalue weighted by molar-refractivity contribution is 0.663. The maximum absolute atomic E-state index is 7.39. The van der Waals surface area contributed by atoms with Gasteiger partial charge in [-0.05, 0) is 120 Å². The van der Waals surface area contributed by atoms with E-state index in [0.717, 1.165) is 187 Å². The molecule has 0 atom stereocenters. The van der Waals surface area contributed by atoms with E-state index in [0.29, 0.717) is 0 Å². The molecule has 6 heterocycles. The lowest BCUT2D eigenvalue weighted by Gasteiger charge is -2.27. The highest BCUT2D eigenvalue weighted by Gasteiger charge is 2.27. The van der Waals surface area contributed by atoms with Crippen LogP contribution in [0.1, 0.15) is 0 Å². The molecule has 0 radical (unpaired) electrons. The van der Waals surface area contributed by atoms with Crippen LogP contribution in [-0.2, 0) is 0 Å². The average Bonchev–Trinajstić information content (AvgIpc) is 4.01. The predicted molar refractivity (Wildman–Crippen MR) is 334 cm³/mol. The van der Waals surface area contributed by atoms with Crippen LogP contribution < -0.4 is 9.80 Å². The van der Waals surface area contributed by atoms with Crippen LogP contribution in [0.4, 0.5) is 34.1 Å². The lowest BCUT2D eigenvalue weighted by Crippen LogP contribution is -2.10. The van der Waals surface area contributed by atoms with Gasteiger partial charge in [-0.1, -0.05) is 121 Å². The van der Waals surface area contributed by atoms with Crippen molar-refractivity contribution < 1.29 is 26.5 Å². The number of hydrogen-bond acceptors (Lipinski definition) is 8. The van der Waals surface area contributed by atoms with E-state index in [2.05, 4.69) is 204 Å². The van der Waals surface area contributed by atoms with E-state index in [1.54, 1.807) is 0 Å². The van der Waals surface area contributed by atoms with Gasteiger partial charge in [-0.25, -0.2) is 0 Å². The Morgan fingerprint density at radius 3 is 0.890 bits per heavy atom. The number of anilines is 6. The van der Waals surface area contributed by atoms with Gasteiger partial charge in [0.2, 0.25) is 0 Å². The van der Waals surface area contributed by atoms with Gasteiger partial charge in [-0.15, -0.1) is 0 Å². The minimum atomic E-state index is 0.737. The molecule has 0 unspecified atom stereocenters. The van der Waals surface area contributed by atoms with Crippen molar-refractivity contribution >= 4 is 187 Å². The van der Waals surface area contributed by atoms with Gasteiger partial charge in [0.15, 0.2) is 0 Å². The monoisotopic (exact) mass is 1050 g/mol. The number of rotatable bonds is 6. The average molecular weight is 1050 g/mol. The van der Waals surface area contributed by atoms with E-state index in [4.69, 9.17) is 26.5 Å². The second-order valence-corrected chi connectivity index (χ2v) is 21.4. The first-order valence-electron chi connectivity index (χ1n) is 27.5. The van der Waals surface area contributed by atoms with Crippen molar-refractivity contribution in [3.05, 3.63) is 243 Å². The van der Waals surface area contributed by atoms with Crippen molar-refractivity contribution in [3.63, 3.8) is 0 Å². The van der Waals surface area contributed by atoms with Gasteiger partial charge in [0, 0.05) is 105 Å². The van der Waals surface area contributed by atoms with Crippen molar-refractivity contribution in [1.82, 2.24) is 0 Å². The molecule has 13 aromatic carbocycles. The van der Waals surface area contributed by atoms with E-state index in [1.807, 2.05) is 48.5 Å². The largest absolute Gasteiger partial charge is 0.456 e. The number of hydrogen-bond donors (Lipinski definition) is 0. The third-order valence-corrected chi connectivity index (χ3v) is 17.0. The highest BCUT2D eigenvalue weighted by molar-refractivity contribution is 6.32. The maximum Gasteiger partial charge on any atom is 0.147 e. The smallest absolute Gasteiger partial charge is 0.147 e. The quantitative estimate of drug-likeness (QED) is 0.163. The van der Waals surface area contributed by atoms with Crippen LogP contribution in [0.25, 0.3) is 153 Å². The first kappa shape index (κ1) is 43.7. The molecule has 8 heteroatoms. The zero-order valence-electron chi connectivity index (χ0n) is 43.4. The molecule has 0 N–H and O–H groups in total. The van der Waals surface area contributed by atoms with Gasteiger partial charge in [-0.2, -0.15) is 0 Å². The predicted octanol–water partition coefficient (Wildman–Crippen LogP) is 22.3. The van der Waals surface area contributed by atoms with Gasteiger partial charge in [0.25, 0.3) is 0 Å². The van der Waals surface area contributed by atoms with Gasteiger partial charge >= 0.3 is 0 Å². The molecule has 0 saturated heterocycles. The van der Waals surface area contributed by atoms with E-state index in [1.165, 1.54) is 0 Å². The molecule has 8 nitrogen and oxygen atoms in total. The molecule has 0 spiro atoms. The number of benzene rings is 13. The summed E-state index contributed by atoms with van der Waals surface area (Å²) >= 11 is 0. The Labute approximate surface area is 463 Å². The zero-order chi connectivity index (χ0) is 53.3. The molecule has 6 aromatic heterocycles. The molecule has 19 aromatic rings. The standard InChI is InChI=1S/C74H40N2O6/c1-3-19-51-45(13-1)58(75(41-25-30-64-54(35-41)47-15-5-9-21-60(47)77-64)42-26-31-65-55(36-42)48-16-6-10-22-61(48)78-65)39-69-71(51)53-29-34-68-73(74(53)82-69)72-52-20-4-2-14-46(52)59(40-70(72)81-68)76(43-27-32-66-56(37-43)49-17-7-11-23-62(49)79-66)44-28-33-67-57(38-44)50-18-8-12-24-63(50)80-67/h1-40H. The van der Waals surface area contributed by atoms with Crippen LogP contribution in [-0.4, -0.2) is 0 Å². The second kappa shape index (κ2) is 16.2. The SMILES string of the molecule is c1ccc2c(c1)oc1ccc(N(c3ccc4oc5ccccc5c4c3)c3cc4oc5c(ccc6oc7cc(N(c8ccc9oc%10ccccc%10c9c8)c8ccc9oc%10ccccc%10c9c8)c8ccccc8c7c65)c4c4ccccc34)cc12. The summed E-state index contributed by atoms with van der Waals surface area (Å²) in [7, 11) is 0. The second-order valence-electron chi connectivity index (χ2n) is 21.4. The lowest BCUT2D eigenvalue weighted by atomic mass is 9.98. The topological polar surface area (TPSA) is 85.3 Å². The fourth-order valence-electron chi connectivity index (χ4n) is 13.4. The van der Waals surface area contributed by atoms with Crippen LogP contribution in [0.2, 0.25) is 0 Å². The molecule has 0 amide bonds. The van der Waals surface area contributed by atoms with Crippen LogP contribution in [0, 0.1) is 0 Å². The first-order valence-corrected chi connectivity index (χ1v) is 27.5. The summed E-state index contributed by atoms with van der Waals surface area (Å²) in [5, 5.41) is 16.6. The van der Waals surface area contributed by atoms with Crippen LogP contribution in [0.3, 0.4) is 0 Å². The van der Waals surface area contributed by atoms with Crippen molar-refractivity contribution in [2.75, 3.05) is 9.80 Å². The normalized spacial score (nSPS) is 12.4. The molecule has 0 fully saturated rings. The van der Waals surface area contributed by atoms with Crippen LogP contribution in [0.15, 0.2) is 269 Å². The number of para-hydroxylation sites is 4. The molecular weight excluding hydrogens is 1010 g/mol. The Bertz CT molecular complexity index is 5720. The molecule has 0 bridgehead atoms. The Balaban J connectivity index is 0.854. The third kappa shape index (κ3) is 6.09. The Morgan fingerprint density at radius 2 is 0.488 bits per heavy atom. The molecule has 82 heavy (non-hydrogen) atoms. The molecule has 0 aliphatic rings. The third-order valence-electron chi connectivity index (χ3n) is 17.0. The van der Waals surface area contributed by atoms with Gasteiger partial charge in [0.1, 0.15) is 67.0 Å². The number of nitrogens with zero attached hydrogens (tertiary/aromatic N) is 2. The van der Waals surface area contributed by atoms with E-state index in [-0.39, 0.29) is 0 Å². The fourth-order valence-corrected chi connectivity index (χ4v) is 13.4. The molecule has 0 saturated carbocycles. The summed E-state index contributed by atoms with van der Waals surface area (Å²) in [6, 6.07) is 84.8. The Morgan fingerprint density at radius 1 is 0.183 bits per heavy atom. The van der Waals surface area contributed by atoms with Crippen molar-refractivity contribution in [2.24, 2.45) is 0 Å². The highest BCUT2D eigenvalue weighted by atomic mass is 16.4. The summed E-state index contributed by atoms with van der Waals surface area (Å²) in [4.78, 5) is 4.69. The minimum absolute atomic E-state index is 0.737. The molecule has 0 aliphatic heterocycles. The summed E-state index contributed by atoms with van der Waals surface area (Å²) in [6.45, 7) is 0. The summed E-state index contributed by atoms with van der Waals surface area (Å²) in [5.74, 6) is 0. The summed E-state index contributed by atoms with van der Waals surface area (Å²) < 4.78 is 40.0. The van der Waals surface area contributed by atoms with Crippen molar-refractivity contribution in [1.29, 1.82) is 0 Å². The van der Waals surface area contributed by atoms with Crippen LogP contribution >= 0.6 is 0 Å². The van der Waals surface area contributed by atoms with E-state index < -0.39 is 0 Å². The van der Waals surface area contributed by atoms with E-state index >= 15 is 0 Å². The van der Waals surface area contributed by atoms with Crippen LogP contribution in [0.5, 0.6) is 0 Å². The molecule has 0 aliphatic carbocycles. The van der Waals surface area contributed by atoms with Gasteiger partial charge in [0.05, 0.1) is 16.8 Å². The zero-order valence-corrected chi connectivity index (χ0v) is 43.4. The fraction of sp³-hybridized carbons (Fsp3) is 0. The first-order chi connectivity index (χ1) is 40.6. The molecule has 382 valence electrons. The number of furan rings is 6. The molecule has 19 rings (SSSR count). The molecular formula is C74H40N2O6. The summed E-state index contributed by atoms with van der Waals surface area (Å²) in [6.07, 6.45) is 0. The Hall–Kier alpha value is -11.2.